The smallest absolute Gasteiger partial charge is 0.328 e. The third kappa shape index (κ3) is 8.99. The minimum Gasteiger partial charge on any atom is -0.480 e. The van der Waals surface area contributed by atoms with Crippen LogP contribution in [0.3, 0.4) is 0 Å². The van der Waals surface area contributed by atoms with Crippen LogP contribution in [0.1, 0.15) is 12.8 Å². The monoisotopic (exact) mass is 300 g/mol. The topological polar surface area (TPSA) is 183 Å². The highest BCUT2D eigenvalue weighted by Crippen LogP contribution is 1.94. The largest absolute Gasteiger partial charge is 0.480 e. The van der Waals surface area contributed by atoms with Crippen molar-refractivity contribution in [3.8, 4) is 0 Å². The van der Waals surface area contributed by atoms with Crippen molar-refractivity contribution in [2.24, 2.45) is 29.2 Å². The molecule has 10 nitrogen and oxygen atoms in total. The van der Waals surface area contributed by atoms with E-state index in [4.69, 9.17) is 22.3 Å². The first-order valence-corrected chi connectivity index (χ1v) is 6.03. The van der Waals surface area contributed by atoms with E-state index in [-0.39, 0.29) is 17.2 Å². The van der Waals surface area contributed by atoms with Crippen molar-refractivity contribution in [2.75, 3.05) is 6.54 Å². The second-order valence-corrected chi connectivity index (χ2v) is 4.11. The van der Waals surface area contributed by atoms with Gasteiger partial charge >= 0.3 is 11.7 Å². The van der Waals surface area contributed by atoms with Crippen LogP contribution in [0.15, 0.2) is 26.8 Å². The molecule has 1 aromatic heterocycles. The van der Waals surface area contributed by atoms with Crippen LogP contribution >= 0.6 is 0 Å². The number of rotatable bonds is 5. The van der Waals surface area contributed by atoms with Crippen LogP contribution in [0.25, 0.3) is 0 Å². The molecule has 1 atom stereocenters. The Morgan fingerprint density at radius 3 is 2.52 bits per heavy atom. The summed E-state index contributed by atoms with van der Waals surface area (Å²) in [6.45, 7) is 0.420. The van der Waals surface area contributed by atoms with Gasteiger partial charge in [0.05, 0.1) is 0 Å². The first kappa shape index (κ1) is 18.4. The number of aliphatic imine (C=N–C) groups is 1. The number of carboxylic acids is 1. The van der Waals surface area contributed by atoms with Crippen molar-refractivity contribution in [3.63, 3.8) is 0 Å². The minimum absolute atomic E-state index is 0.0129. The van der Waals surface area contributed by atoms with E-state index in [9.17, 15) is 14.4 Å². The average molecular weight is 300 g/mol. The highest BCUT2D eigenvalue weighted by molar-refractivity contribution is 5.75. The summed E-state index contributed by atoms with van der Waals surface area (Å²) in [5.74, 6) is -0.987. The first-order valence-electron chi connectivity index (χ1n) is 6.03. The number of carbonyl (C=O) groups is 1. The van der Waals surface area contributed by atoms with Gasteiger partial charge in [0.1, 0.15) is 6.04 Å². The molecule has 0 radical (unpaired) electrons. The zero-order valence-corrected chi connectivity index (χ0v) is 11.7. The average Bonchev–Trinajstić information content (AvgIpc) is 2.39. The van der Waals surface area contributed by atoms with Gasteiger partial charge in [-0.15, -0.1) is 0 Å². The minimum atomic E-state index is -1.00. The number of aromatic amines is 1. The van der Waals surface area contributed by atoms with Gasteiger partial charge in [-0.1, -0.05) is 0 Å². The van der Waals surface area contributed by atoms with Gasteiger partial charge < -0.3 is 26.9 Å². The highest BCUT2D eigenvalue weighted by Gasteiger charge is 2.09. The molecule has 8 N–H and O–H groups in total. The van der Waals surface area contributed by atoms with Crippen molar-refractivity contribution in [3.05, 3.63) is 33.1 Å². The van der Waals surface area contributed by atoms with Crippen LogP contribution in [0.4, 0.5) is 0 Å². The number of hydrogen-bond donors (Lipinski definition) is 5. The van der Waals surface area contributed by atoms with Crippen molar-refractivity contribution in [1.82, 2.24) is 9.55 Å². The Hall–Kier alpha value is -2.62. The van der Waals surface area contributed by atoms with Crippen LogP contribution in [-0.4, -0.2) is 39.2 Å². The van der Waals surface area contributed by atoms with E-state index in [0.717, 1.165) is 0 Å². The van der Waals surface area contributed by atoms with Crippen LogP contribution in [0, 0.1) is 0 Å². The zero-order chi connectivity index (χ0) is 16.4. The number of hydrogen-bond acceptors (Lipinski definition) is 5. The van der Waals surface area contributed by atoms with Crippen LogP contribution in [0.5, 0.6) is 0 Å². The molecular formula is C11H20N6O4. The Balaban J connectivity index is 0.000000394. The molecule has 118 valence electrons. The number of aromatic nitrogens is 2. The van der Waals surface area contributed by atoms with Crippen LogP contribution < -0.4 is 28.5 Å². The van der Waals surface area contributed by atoms with E-state index in [0.29, 0.717) is 19.4 Å². The second-order valence-electron chi connectivity index (χ2n) is 4.11. The van der Waals surface area contributed by atoms with Crippen LogP contribution in [-0.2, 0) is 11.8 Å². The maximum absolute atomic E-state index is 10.5. The summed E-state index contributed by atoms with van der Waals surface area (Å²) in [6.07, 6.45) is 2.37. The fraction of sp³-hybridized carbons (Fsp3) is 0.455. The maximum Gasteiger partial charge on any atom is 0.328 e. The van der Waals surface area contributed by atoms with Crippen molar-refractivity contribution >= 4 is 11.9 Å². The number of aryl methyl sites for hydroxylation is 1. The van der Waals surface area contributed by atoms with Gasteiger partial charge in [0.15, 0.2) is 5.96 Å². The standard InChI is InChI=1S/C6H14N4O2.C5H6N2O2/c7-4(5(11)12)2-1-3-10-6(8)9;1-7-3-2-4(8)6-5(7)9/h4H,1-3,7H2,(H,11,12)(H4,8,9,10);2-3H,1H3,(H,6,8,9)/t4-;/m0./s1. The Labute approximate surface area is 120 Å². The highest BCUT2D eigenvalue weighted by atomic mass is 16.4. The van der Waals surface area contributed by atoms with E-state index in [1.165, 1.54) is 16.8 Å². The van der Waals surface area contributed by atoms with Gasteiger partial charge in [-0.05, 0) is 12.8 Å². The summed E-state index contributed by atoms with van der Waals surface area (Å²) in [4.78, 5) is 36.9. The van der Waals surface area contributed by atoms with Gasteiger partial charge in [-0.2, -0.15) is 0 Å². The summed E-state index contributed by atoms with van der Waals surface area (Å²) in [5.41, 5.74) is 14.6. The number of nitrogens with two attached hydrogens (primary N) is 3. The van der Waals surface area contributed by atoms with Gasteiger partial charge in [-0.3, -0.25) is 19.6 Å². The number of aliphatic carboxylic acids is 1. The van der Waals surface area contributed by atoms with Gasteiger partial charge in [-0.25, -0.2) is 4.79 Å². The summed E-state index contributed by atoms with van der Waals surface area (Å²) >= 11 is 0. The lowest BCUT2D eigenvalue weighted by Crippen LogP contribution is -2.30. The molecule has 0 amide bonds. The lowest BCUT2D eigenvalue weighted by Gasteiger charge is -2.03. The molecule has 0 saturated heterocycles. The fourth-order valence-electron chi connectivity index (χ4n) is 1.13. The molecule has 0 saturated carbocycles. The third-order valence-electron chi connectivity index (χ3n) is 2.28. The van der Waals surface area contributed by atoms with E-state index < -0.39 is 12.0 Å². The molecule has 10 heteroatoms. The number of nitrogens with one attached hydrogen (secondary N) is 1. The summed E-state index contributed by atoms with van der Waals surface area (Å²) < 4.78 is 1.29. The first-order chi connectivity index (χ1) is 9.73. The van der Waals surface area contributed by atoms with E-state index >= 15 is 0 Å². The van der Waals surface area contributed by atoms with Crippen molar-refractivity contribution in [1.29, 1.82) is 0 Å². The summed E-state index contributed by atoms with van der Waals surface area (Å²) in [5, 5.41) is 8.38. The molecular weight excluding hydrogens is 280 g/mol. The number of guanidine groups is 1. The van der Waals surface area contributed by atoms with Gasteiger partial charge in [0, 0.05) is 25.9 Å². The van der Waals surface area contributed by atoms with Crippen molar-refractivity contribution < 1.29 is 9.90 Å². The third-order valence-corrected chi connectivity index (χ3v) is 2.28. The van der Waals surface area contributed by atoms with Gasteiger partial charge in [0.25, 0.3) is 5.56 Å². The molecule has 21 heavy (non-hydrogen) atoms. The van der Waals surface area contributed by atoms with Gasteiger partial charge in [0.2, 0.25) is 0 Å². The number of carboxylic acid groups (broad SMARTS) is 1. The zero-order valence-electron chi connectivity index (χ0n) is 11.7. The Bertz CT molecular complexity index is 587. The van der Waals surface area contributed by atoms with E-state index in [1.54, 1.807) is 7.05 Å². The molecule has 0 fully saturated rings. The molecule has 0 bridgehead atoms. The molecule has 0 aromatic carbocycles. The molecule has 1 heterocycles. The maximum atomic E-state index is 10.5. The predicted octanol–water partition coefficient (Wildman–Crippen LogP) is -2.47. The number of H-pyrrole nitrogens is 1. The Kier molecular flexibility index (Phi) is 8.15. The molecule has 0 aliphatic heterocycles. The van der Waals surface area contributed by atoms with E-state index in [2.05, 4.69) is 9.98 Å². The molecule has 0 aliphatic carbocycles. The van der Waals surface area contributed by atoms with Crippen LogP contribution in [0.2, 0.25) is 0 Å². The second kappa shape index (κ2) is 9.31. The summed E-state index contributed by atoms with van der Waals surface area (Å²) in [7, 11) is 1.57. The Morgan fingerprint density at radius 2 is 2.10 bits per heavy atom. The summed E-state index contributed by atoms with van der Waals surface area (Å²) in [6, 6.07) is 0.473. The van der Waals surface area contributed by atoms with Crippen molar-refractivity contribution in [2.45, 2.75) is 18.9 Å². The molecule has 0 aliphatic rings. The molecule has 0 spiro atoms. The number of nitrogens with zero attached hydrogens (tertiary/aromatic N) is 2. The SMILES string of the molecule is Cn1ccc(=O)[nH]c1=O.NC(N)=NCCC[C@H](N)C(=O)O. The normalized spacial score (nSPS) is 11.0. The molecule has 0 unspecified atom stereocenters. The van der Waals surface area contributed by atoms with E-state index in [1.807, 2.05) is 0 Å². The molecule has 1 aromatic rings. The lowest BCUT2D eigenvalue weighted by atomic mass is 10.2. The lowest BCUT2D eigenvalue weighted by molar-refractivity contribution is -0.138. The molecule has 1 rings (SSSR count). The quantitative estimate of drug-likeness (QED) is 0.226. The predicted molar refractivity (Wildman–Crippen MR) is 77.8 cm³/mol. The fourth-order valence-corrected chi connectivity index (χ4v) is 1.13. The Morgan fingerprint density at radius 1 is 1.48 bits per heavy atom.